The van der Waals surface area contributed by atoms with Gasteiger partial charge in [-0.05, 0) is 6.92 Å². The highest BCUT2D eigenvalue weighted by Gasteiger charge is 2.49. The second kappa shape index (κ2) is 5.58. The largest absolute Gasteiger partial charge is 0.465 e. The summed E-state index contributed by atoms with van der Waals surface area (Å²) in [6.45, 7) is 2.44. The fraction of sp³-hybridized carbons (Fsp3) is 0.583. The van der Waals surface area contributed by atoms with Crippen LogP contribution in [0.1, 0.15) is 19.0 Å². The first kappa shape index (κ1) is 13.2. The van der Waals surface area contributed by atoms with Crippen LogP contribution in [0.2, 0.25) is 0 Å². The second-order valence-electron chi connectivity index (χ2n) is 4.18. The molecule has 98 valence electrons. The van der Waals surface area contributed by atoms with E-state index in [9.17, 15) is 9.59 Å². The van der Waals surface area contributed by atoms with Gasteiger partial charge < -0.3 is 9.47 Å². The van der Waals surface area contributed by atoms with E-state index >= 15 is 0 Å². The summed E-state index contributed by atoms with van der Waals surface area (Å²) in [7, 11) is 0. The molecule has 2 heterocycles. The Morgan fingerprint density at radius 2 is 2.50 bits per heavy atom. The number of rotatable bonds is 4. The Morgan fingerprint density at radius 3 is 3.11 bits per heavy atom. The fourth-order valence-corrected chi connectivity index (χ4v) is 2.59. The van der Waals surface area contributed by atoms with Crippen molar-refractivity contribution in [2.75, 3.05) is 19.8 Å². The van der Waals surface area contributed by atoms with Crippen molar-refractivity contribution in [1.29, 1.82) is 0 Å². The Morgan fingerprint density at radius 1 is 1.67 bits per heavy atom. The van der Waals surface area contributed by atoms with Crippen LogP contribution in [0.4, 0.5) is 0 Å². The molecule has 0 radical (unpaired) electrons. The maximum Gasteiger partial charge on any atom is 0.322 e. The quantitative estimate of drug-likeness (QED) is 0.607. The van der Waals surface area contributed by atoms with E-state index in [0.717, 1.165) is 5.69 Å². The van der Waals surface area contributed by atoms with E-state index in [1.54, 1.807) is 12.4 Å². The summed E-state index contributed by atoms with van der Waals surface area (Å²) in [6, 6.07) is 0. The van der Waals surface area contributed by atoms with Gasteiger partial charge in [-0.15, -0.1) is 11.3 Å². The number of thiazole rings is 1. The van der Waals surface area contributed by atoms with Crippen LogP contribution in [0, 0.1) is 5.41 Å². The van der Waals surface area contributed by atoms with Crippen molar-refractivity contribution in [3.63, 3.8) is 0 Å². The molecular formula is C12H15NO4S. The summed E-state index contributed by atoms with van der Waals surface area (Å²) in [5.41, 5.74) is 1.21. The van der Waals surface area contributed by atoms with E-state index in [1.807, 2.05) is 5.38 Å². The number of aromatic nitrogens is 1. The summed E-state index contributed by atoms with van der Waals surface area (Å²) in [5.74, 6) is -0.608. The minimum atomic E-state index is -1.21. The Bertz CT molecular complexity index is 431. The summed E-state index contributed by atoms with van der Waals surface area (Å²) in [5, 5.41) is 1.84. The second-order valence-corrected chi connectivity index (χ2v) is 4.90. The number of esters is 1. The van der Waals surface area contributed by atoms with Crippen LogP contribution in [0.3, 0.4) is 0 Å². The zero-order valence-electron chi connectivity index (χ0n) is 10.2. The van der Waals surface area contributed by atoms with Gasteiger partial charge >= 0.3 is 5.97 Å². The molecule has 1 unspecified atom stereocenters. The van der Waals surface area contributed by atoms with E-state index in [-0.39, 0.29) is 31.8 Å². The Balaban J connectivity index is 2.26. The molecule has 5 nitrogen and oxygen atoms in total. The van der Waals surface area contributed by atoms with Gasteiger partial charge in [0.1, 0.15) is 0 Å². The van der Waals surface area contributed by atoms with E-state index < -0.39 is 11.4 Å². The van der Waals surface area contributed by atoms with Crippen LogP contribution in [0.5, 0.6) is 0 Å². The molecule has 0 saturated carbocycles. The molecule has 18 heavy (non-hydrogen) atoms. The molecule has 2 rings (SSSR count). The predicted octanol–water partition coefficient (Wildman–Crippen LogP) is 1.22. The third-order valence-electron chi connectivity index (χ3n) is 2.99. The summed E-state index contributed by atoms with van der Waals surface area (Å²) in [6.07, 6.45) is 0.511. The number of ether oxygens (including phenoxy) is 2. The van der Waals surface area contributed by atoms with Gasteiger partial charge in [0.05, 0.1) is 31.0 Å². The number of hydrogen-bond acceptors (Lipinski definition) is 6. The van der Waals surface area contributed by atoms with Crippen LogP contribution in [-0.4, -0.2) is 36.6 Å². The number of hydrogen-bond donors (Lipinski definition) is 0. The Labute approximate surface area is 109 Å². The van der Waals surface area contributed by atoms with E-state index in [2.05, 4.69) is 4.98 Å². The first-order chi connectivity index (χ1) is 8.69. The van der Waals surface area contributed by atoms with Gasteiger partial charge in [-0.1, -0.05) is 0 Å². The molecule has 1 aromatic rings. The maximum atomic E-state index is 12.2. The smallest absolute Gasteiger partial charge is 0.322 e. The predicted molar refractivity (Wildman–Crippen MR) is 65.3 cm³/mol. The van der Waals surface area contributed by atoms with Crippen LogP contribution in [0.25, 0.3) is 0 Å². The lowest BCUT2D eigenvalue weighted by Gasteiger charge is -2.32. The number of ketones is 1. The molecule has 0 spiro atoms. The molecule has 1 aliphatic rings. The molecule has 6 heteroatoms. The van der Waals surface area contributed by atoms with Gasteiger partial charge in [-0.3, -0.25) is 9.59 Å². The molecular weight excluding hydrogens is 254 g/mol. The highest BCUT2D eigenvalue weighted by molar-refractivity contribution is 7.07. The Hall–Kier alpha value is -1.27. The van der Waals surface area contributed by atoms with Crippen molar-refractivity contribution in [2.24, 2.45) is 5.41 Å². The SMILES string of the molecule is CCOC(=O)C1(Cc2cscn2)COCCC1=O. The van der Waals surface area contributed by atoms with Crippen molar-refractivity contribution in [1.82, 2.24) is 4.98 Å². The zero-order chi connectivity index (χ0) is 13.0. The zero-order valence-corrected chi connectivity index (χ0v) is 11.0. The van der Waals surface area contributed by atoms with Gasteiger partial charge in [0, 0.05) is 18.2 Å². The summed E-state index contributed by atoms with van der Waals surface area (Å²) < 4.78 is 10.4. The molecule has 1 aromatic heterocycles. The average Bonchev–Trinajstić information content (AvgIpc) is 2.85. The number of nitrogens with zero attached hydrogens (tertiary/aromatic N) is 1. The molecule has 0 N–H and O–H groups in total. The number of Topliss-reactive ketones (excluding diaryl/α,β-unsaturated/α-hetero) is 1. The third kappa shape index (κ3) is 2.44. The molecule has 1 atom stereocenters. The van der Waals surface area contributed by atoms with Crippen LogP contribution in [0.15, 0.2) is 10.9 Å². The lowest BCUT2D eigenvalue weighted by atomic mass is 9.77. The highest BCUT2D eigenvalue weighted by Crippen LogP contribution is 2.31. The van der Waals surface area contributed by atoms with E-state index in [4.69, 9.17) is 9.47 Å². The maximum absolute atomic E-state index is 12.2. The monoisotopic (exact) mass is 269 g/mol. The molecule has 0 bridgehead atoms. The van der Waals surface area contributed by atoms with E-state index in [0.29, 0.717) is 6.61 Å². The molecule has 1 fully saturated rings. The van der Waals surface area contributed by atoms with Crippen LogP contribution < -0.4 is 0 Å². The molecule has 0 aromatic carbocycles. The van der Waals surface area contributed by atoms with Gasteiger partial charge in [-0.2, -0.15) is 0 Å². The average molecular weight is 269 g/mol. The van der Waals surface area contributed by atoms with Gasteiger partial charge in [-0.25, -0.2) is 4.98 Å². The van der Waals surface area contributed by atoms with Crippen LogP contribution in [-0.2, 0) is 25.5 Å². The lowest BCUT2D eigenvalue weighted by Crippen LogP contribution is -2.49. The number of carbonyl (C=O) groups excluding carboxylic acids is 2. The fourth-order valence-electron chi connectivity index (χ4n) is 2.03. The molecule has 1 aliphatic heterocycles. The first-order valence-electron chi connectivity index (χ1n) is 5.84. The molecule has 0 amide bonds. The van der Waals surface area contributed by atoms with Gasteiger partial charge in [0.2, 0.25) is 0 Å². The minimum Gasteiger partial charge on any atom is -0.465 e. The Kier molecular flexibility index (Phi) is 4.08. The summed E-state index contributed by atoms with van der Waals surface area (Å²) >= 11 is 1.44. The van der Waals surface area contributed by atoms with Crippen molar-refractivity contribution in [2.45, 2.75) is 19.8 Å². The third-order valence-corrected chi connectivity index (χ3v) is 3.62. The van der Waals surface area contributed by atoms with Crippen molar-refractivity contribution in [3.8, 4) is 0 Å². The lowest BCUT2D eigenvalue weighted by molar-refractivity contribution is -0.169. The number of carbonyl (C=O) groups is 2. The molecule has 0 aliphatic carbocycles. The first-order valence-corrected chi connectivity index (χ1v) is 6.78. The normalized spacial score (nSPS) is 23.9. The van der Waals surface area contributed by atoms with Crippen LogP contribution >= 0.6 is 11.3 Å². The van der Waals surface area contributed by atoms with Gasteiger partial charge in [0.15, 0.2) is 11.2 Å². The minimum absolute atomic E-state index is 0.0855. The standard InChI is InChI=1S/C12H15NO4S/c1-2-17-11(15)12(5-9-6-18-8-13-9)7-16-4-3-10(12)14/h6,8H,2-5,7H2,1H3. The van der Waals surface area contributed by atoms with Crippen molar-refractivity contribution in [3.05, 3.63) is 16.6 Å². The van der Waals surface area contributed by atoms with Crippen molar-refractivity contribution >= 4 is 23.1 Å². The highest BCUT2D eigenvalue weighted by atomic mass is 32.1. The summed E-state index contributed by atoms with van der Waals surface area (Å²) in [4.78, 5) is 28.4. The van der Waals surface area contributed by atoms with Gasteiger partial charge in [0.25, 0.3) is 0 Å². The van der Waals surface area contributed by atoms with Crippen molar-refractivity contribution < 1.29 is 19.1 Å². The topological polar surface area (TPSA) is 65.5 Å². The van der Waals surface area contributed by atoms with E-state index in [1.165, 1.54) is 11.3 Å². The molecule has 1 saturated heterocycles.